The number of hydrogen-bond acceptors (Lipinski definition) is 5. The van der Waals surface area contributed by atoms with Gasteiger partial charge in [0.15, 0.2) is 0 Å². The highest BCUT2D eigenvalue weighted by Gasteiger charge is 2.23. The van der Waals surface area contributed by atoms with Crippen molar-refractivity contribution in [1.82, 2.24) is 14.5 Å². The molecule has 0 atom stereocenters. The number of hydrogen-bond donors (Lipinski definition) is 0. The third kappa shape index (κ3) is 4.26. The Morgan fingerprint density at radius 1 is 1.06 bits per heavy atom. The molecule has 2 aromatic carbocycles. The van der Waals surface area contributed by atoms with Gasteiger partial charge in [-0.1, -0.05) is 48.0 Å². The molecule has 0 unspecified atom stereocenters. The molecule has 0 radical (unpaired) electrons. The normalized spacial score (nSPS) is 14.1. The van der Waals surface area contributed by atoms with Gasteiger partial charge < -0.3 is 9.80 Å². The molecule has 1 aliphatic rings. The van der Waals surface area contributed by atoms with Crippen molar-refractivity contribution in [1.29, 1.82) is 0 Å². The molecule has 1 fully saturated rings. The quantitative estimate of drug-likeness (QED) is 0.435. The van der Waals surface area contributed by atoms with Crippen molar-refractivity contribution in [2.45, 2.75) is 13.5 Å². The van der Waals surface area contributed by atoms with Crippen molar-refractivity contribution >= 4 is 44.7 Å². The zero-order chi connectivity index (χ0) is 22.9. The number of carbonyl (C=O) groups excluding carboxylic acids is 1. The number of anilines is 1. The molecule has 6 nitrogen and oxygen atoms in total. The van der Waals surface area contributed by atoms with Crippen molar-refractivity contribution in [2.75, 3.05) is 31.1 Å². The molecule has 5 rings (SSSR count). The summed E-state index contributed by atoms with van der Waals surface area (Å²) < 4.78 is 1.44. The molecule has 4 aromatic rings. The lowest BCUT2D eigenvalue weighted by Gasteiger charge is -2.36. The van der Waals surface area contributed by atoms with Crippen molar-refractivity contribution in [3.8, 4) is 11.1 Å². The van der Waals surface area contributed by atoms with Crippen LogP contribution in [-0.2, 0) is 11.3 Å². The Balaban J connectivity index is 1.35. The Bertz CT molecular complexity index is 1370. The van der Waals surface area contributed by atoms with Crippen LogP contribution >= 0.6 is 22.9 Å². The number of fused-ring (bicyclic) bond motifs is 1. The van der Waals surface area contributed by atoms with Gasteiger partial charge in [-0.2, -0.15) is 0 Å². The van der Waals surface area contributed by atoms with Gasteiger partial charge >= 0.3 is 0 Å². The minimum Gasteiger partial charge on any atom is -0.368 e. The maximum atomic E-state index is 13.4. The van der Waals surface area contributed by atoms with Crippen LogP contribution in [0.5, 0.6) is 0 Å². The molecule has 3 heterocycles. The molecule has 0 bridgehead atoms. The second-order valence-electron chi connectivity index (χ2n) is 8.10. The molecule has 1 saturated heterocycles. The first-order valence-electron chi connectivity index (χ1n) is 10.8. The molecule has 0 aliphatic carbocycles. The first kappa shape index (κ1) is 21.7. The lowest BCUT2D eigenvalue weighted by Crippen LogP contribution is -2.50. The molecule has 0 spiro atoms. The zero-order valence-corrected chi connectivity index (χ0v) is 19.8. The summed E-state index contributed by atoms with van der Waals surface area (Å²) >= 11 is 7.62. The Morgan fingerprint density at radius 2 is 1.82 bits per heavy atom. The minimum absolute atomic E-state index is 0.0118. The number of aryl methyl sites for hydroxylation is 1. The van der Waals surface area contributed by atoms with Crippen LogP contribution in [0.1, 0.15) is 4.88 Å². The fourth-order valence-corrected chi connectivity index (χ4v) is 5.52. The summed E-state index contributed by atoms with van der Waals surface area (Å²) in [5, 5.41) is 1.29. The van der Waals surface area contributed by atoms with E-state index >= 15 is 0 Å². The van der Waals surface area contributed by atoms with Gasteiger partial charge in [0.05, 0.1) is 11.7 Å². The maximum absolute atomic E-state index is 13.4. The van der Waals surface area contributed by atoms with Gasteiger partial charge in [-0.05, 0) is 30.7 Å². The summed E-state index contributed by atoms with van der Waals surface area (Å²) in [6.07, 6.45) is 1.50. The van der Waals surface area contributed by atoms with Crippen LogP contribution in [-0.4, -0.2) is 46.5 Å². The van der Waals surface area contributed by atoms with Gasteiger partial charge in [0.1, 0.15) is 11.4 Å². The molecule has 168 valence electrons. The van der Waals surface area contributed by atoms with Crippen LogP contribution in [0, 0.1) is 6.92 Å². The first-order valence-corrected chi connectivity index (χ1v) is 12.0. The van der Waals surface area contributed by atoms with Crippen molar-refractivity contribution in [2.24, 2.45) is 0 Å². The van der Waals surface area contributed by atoms with Gasteiger partial charge in [0.25, 0.3) is 5.56 Å². The van der Waals surface area contributed by atoms with E-state index in [1.165, 1.54) is 22.2 Å². The van der Waals surface area contributed by atoms with Crippen LogP contribution < -0.4 is 10.5 Å². The van der Waals surface area contributed by atoms with E-state index in [9.17, 15) is 9.59 Å². The summed E-state index contributed by atoms with van der Waals surface area (Å²) in [6, 6.07) is 17.6. The van der Waals surface area contributed by atoms with E-state index in [0.717, 1.165) is 34.8 Å². The third-order valence-corrected chi connectivity index (χ3v) is 7.28. The average Bonchev–Trinajstić information content (AvgIpc) is 3.18. The number of nitrogens with zero attached hydrogens (tertiary/aromatic N) is 4. The van der Waals surface area contributed by atoms with Crippen LogP contribution in [0.3, 0.4) is 0 Å². The van der Waals surface area contributed by atoms with E-state index in [4.69, 9.17) is 11.6 Å². The summed E-state index contributed by atoms with van der Waals surface area (Å²) in [7, 11) is 0. The molecule has 33 heavy (non-hydrogen) atoms. The predicted octanol–water partition coefficient (Wildman–Crippen LogP) is 4.44. The number of amides is 1. The van der Waals surface area contributed by atoms with Gasteiger partial charge in [0, 0.05) is 47.3 Å². The fraction of sp³-hybridized carbons (Fsp3) is 0.240. The molecular weight excluding hydrogens is 456 g/mol. The van der Waals surface area contributed by atoms with E-state index in [2.05, 4.69) is 9.88 Å². The minimum atomic E-state index is -0.172. The monoisotopic (exact) mass is 478 g/mol. The van der Waals surface area contributed by atoms with E-state index in [0.29, 0.717) is 28.3 Å². The second kappa shape index (κ2) is 9.00. The Labute approximate surface area is 200 Å². The summed E-state index contributed by atoms with van der Waals surface area (Å²) in [4.78, 5) is 36.7. The lowest BCUT2D eigenvalue weighted by atomic mass is 10.0. The Morgan fingerprint density at radius 3 is 2.55 bits per heavy atom. The highest BCUT2D eigenvalue weighted by Crippen LogP contribution is 2.35. The van der Waals surface area contributed by atoms with Gasteiger partial charge in [-0.15, -0.1) is 11.3 Å². The smallest absolute Gasteiger partial charge is 0.263 e. The summed E-state index contributed by atoms with van der Waals surface area (Å²) in [5.41, 5.74) is 2.78. The highest BCUT2D eigenvalue weighted by molar-refractivity contribution is 7.19. The topological polar surface area (TPSA) is 58.4 Å². The molecule has 1 aliphatic heterocycles. The average molecular weight is 479 g/mol. The maximum Gasteiger partial charge on any atom is 0.263 e. The Hall–Kier alpha value is -3.16. The number of carbonyl (C=O) groups is 1. The number of aromatic nitrogens is 2. The number of benzene rings is 2. The van der Waals surface area contributed by atoms with Crippen LogP contribution in [0.15, 0.2) is 65.7 Å². The largest absolute Gasteiger partial charge is 0.368 e. The fourth-order valence-electron chi connectivity index (χ4n) is 4.34. The molecule has 0 N–H and O–H groups in total. The van der Waals surface area contributed by atoms with Crippen molar-refractivity contribution < 1.29 is 4.79 Å². The van der Waals surface area contributed by atoms with Crippen LogP contribution in [0.25, 0.3) is 21.3 Å². The predicted molar refractivity (Wildman–Crippen MR) is 134 cm³/mol. The lowest BCUT2D eigenvalue weighted by molar-refractivity contribution is -0.132. The van der Waals surface area contributed by atoms with Crippen LogP contribution in [0.2, 0.25) is 5.02 Å². The first-order chi connectivity index (χ1) is 16.0. The molecule has 2 aromatic heterocycles. The zero-order valence-electron chi connectivity index (χ0n) is 18.2. The summed E-state index contributed by atoms with van der Waals surface area (Å²) in [6.45, 7) is 4.64. The molecule has 8 heteroatoms. The summed E-state index contributed by atoms with van der Waals surface area (Å²) in [5.74, 6) is -0.0720. The van der Waals surface area contributed by atoms with E-state index in [-0.39, 0.29) is 18.0 Å². The molecule has 0 saturated carbocycles. The van der Waals surface area contributed by atoms with Gasteiger partial charge in [-0.3, -0.25) is 14.2 Å². The Kier molecular flexibility index (Phi) is 5.91. The van der Waals surface area contributed by atoms with E-state index in [1.807, 2.05) is 66.4 Å². The SMILES string of the molecule is Cc1sc2ncn(CC(=O)N3CCN(c4cccc(Cl)c4)CC3)c(=O)c2c1-c1ccccc1. The van der Waals surface area contributed by atoms with Crippen molar-refractivity contribution in [3.63, 3.8) is 0 Å². The van der Waals surface area contributed by atoms with Gasteiger partial charge in [0.2, 0.25) is 5.91 Å². The van der Waals surface area contributed by atoms with Crippen molar-refractivity contribution in [3.05, 3.63) is 81.2 Å². The number of halogens is 1. The van der Waals surface area contributed by atoms with E-state index < -0.39 is 0 Å². The second-order valence-corrected chi connectivity index (χ2v) is 9.74. The standard InChI is InChI=1S/C25H23ClN4O2S/c1-17-22(18-6-3-2-4-7-18)23-24(33-17)27-16-30(25(23)32)15-21(31)29-12-10-28(11-13-29)20-9-5-8-19(26)14-20/h2-9,14,16H,10-13,15H2,1H3. The third-order valence-electron chi connectivity index (χ3n) is 6.03. The number of rotatable bonds is 4. The van der Waals surface area contributed by atoms with Crippen LogP contribution in [0.4, 0.5) is 5.69 Å². The number of thiophene rings is 1. The van der Waals surface area contributed by atoms with E-state index in [1.54, 1.807) is 0 Å². The number of piperazine rings is 1. The van der Waals surface area contributed by atoms with Gasteiger partial charge in [-0.25, -0.2) is 4.98 Å². The molecule has 1 amide bonds. The molecular formula is C25H23ClN4O2S. The highest BCUT2D eigenvalue weighted by atomic mass is 35.5.